The Hall–Kier alpha value is -1.76. The van der Waals surface area contributed by atoms with Crippen molar-refractivity contribution < 1.29 is 0 Å². The molecular formula is C28H41N. The molecule has 2 aromatic rings. The van der Waals surface area contributed by atoms with Gasteiger partial charge in [0.15, 0.2) is 0 Å². The summed E-state index contributed by atoms with van der Waals surface area (Å²) >= 11 is 0. The Balaban J connectivity index is 2.16. The van der Waals surface area contributed by atoms with E-state index in [-0.39, 0.29) is 16.2 Å². The number of aryl methyl sites for hydroxylation is 3. The van der Waals surface area contributed by atoms with Gasteiger partial charge in [-0.15, -0.1) is 0 Å². The summed E-state index contributed by atoms with van der Waals surface area (Å²) in [5.74, 6) is 0. The maximum Gasteiger partial charge on any atom is 0.0467 e. The second-order valence-corrected chi connectivity index (χ2v) is 11.7. The maximum absolute atomic E-state index is 2.49. The first-order chi connectivity index (χ1) is 13.1. The molecule has 0 radical (unpaired) electrons. The van der Waals surface area contributed by atoms with Gasteiger partial charge in [-0.1, -0.05) is 66.7 Å². The van der Waals surface area contributed by atoms with Crippen LogP contribution in [0.5, 0.6) is 0 Å². The van der Waals surface area contributed by atoms with Crippen molar-refractivity contribution in [2.24, 2.45) is 0 Å². The number of fused-ring (bicyclic) bond motifs is 1. The second-order valence-electron chi connectivity index (χ2n) is 11.7. The standard InChI is InChI=1S/C28H41N/c1-18-16-22-23(28(9,10)13-12-27(22,7)8)17-24(18)29(11)25-19(2)14-21(15-20(25)3)26(4,5)6/h14-17H,12-13H2,1-11H3. The van der Waals surface area contributed by atoms with Gasteiger partial charge in [0.1, 0.15) is 0 Å². The number of anilines is 2. The first kappa shape index (κ1) is 21.9. The molecule has 0 saturated heterocycles. The Morgan fingerprint density at radius 2 is 1.17 bits per heavy atom. The zero-order chi connectivity index (χ0) is 21.9. The van der Waals surface area contributed by atoms with E-state index in [0.717, 1.165) is 0 Å². The van der Waals surface area contributed by atoms with Crippen molar-refractivity contribution in [3.63, 3.8) is 0 Å². The van der Waals surface area contributed by atoms with Gasteiger partial charge in [0.05, 0.1) is 0 Å². The third-order valence-electron chi connectivity index (χ3n) is 7.22. The minimum absolute atomic E-state index is 0.171. The third kappa shape index (κ3) is 3.86. The molecule has 0 bridgehead atoms. The molecule has 0 saturated carbocycles. The molecule has 158 valence electrons. The number of rotatable bonds is 2. The van der Waals surface area contributed by atoms with Crippen LogP contribution in [-0.4, -0.2) is 7.05 Å². The predicted octanol–water partition coefficient (Wildman–Crippen LogP) is 8.03. The van der Waals surface area contributed by atoms with E-state index in [2.05, 4.69) is 105 Å². The summed E-state index contributed by atoms with van der Waals surface area (Å²) in [5, 5.41) is 0. The van der Waals surface area contributed by atoms with E-state index in [1.807, 2.05) is 0 Å². The van der Waals surface area contributed by atoms with Crippen molar-refractivity contribution in [1.29, 1.82) is 0 Å². The second kappa shape index (κ2) is 6.89. The highest BCUT2D eigenvalue weighted by atomic mass is 15.1. The third-order valence-corrected chi connectivity index (χ3v) is 7.22. The van der Waals surface area contributed by atoms with Crippen LogP contribution in [-0.2, 0) is 16.2 Å². The molecule has 3 rings (SSSR count). The molecule has 0 unspecified atom stereocenters. The minimum Gasteiger partial charge on any atom is -0.344 e. The highest BCUT2D eigenvalue weighted by Gasteiger charge is 2.37. The average molecular weight is 392 g/mol. The molecule has 1 aliphatic carbocycles. The van der Waals surface area contributed by atoms with E-state index < -0.39 is 0 Å². The van der Waals surface area contributed by atoms with Crippen molar-refractivity contribution in [1.82, 2.24) is 0 Å². The molecule has 0 aliphatic heterocycles. The van der Waals surface area contributed by atoms with Gasteiger partial charge in [0.25, 0.3) is 0 Å². The van der Waals surface area contributed by atoms with Gasteiger partial charge in [-0.05, 0) is 89.3 Å². The van der Waals surface area contributed by atoms with Crippen molar-refractivity contribution >= 4 is 11.4 Å². The lowest BCUT2D eigenvalue weighted by Crippen LogP contribution is -2.34. The van der Waals surface area contributed by atoms with Crippen LogP contribution in [0.25, 0.3) is 0 Å². The molecule has 2 aromatic carbocycles. The van der Waals surface area contributed by atoms with Crippen LogP contribution in [0.15, 0.2) is 24.3 Å². The SMILES string of the molecule is Cc1cc2c(cc1N(C)c1c(C)cc(C(C)(C)C)cc1C)C(C)(C)CCC2(C)C. The summed E-state index contributed by atoms with van der Waals surface area (Å²) in [4.78, 5) is 2.42. The minimum atomic E-state index is 0.171. The monoisotopic (exact) mass is 391 g/mol. The number of hydrogen-bond acceptors (Lipinski definition) is 1. The molecule has 0 amide bonds. The predicted molar refractivity (Wildman–Crippen MR) is 129 cm³/mol. The molecule has 0 fully saturated rings. The highest BCUT2D eigenvalue weighted by Crippen LogP contribution is 2.48. The molecule has 0 heterocycles. The van der Waals surface area contributed by atoms with Crippen molar-refractivity contribution in [2.75, 3.05) is 11.9 Å². The van der Waals surface area contributed by atoms with Crippen LogP contribution in [0.3, 0.4) is 0 Å². The molecular weight excluding hydrogens is 350 g/mol. The quantitative estimate of drug-likeness (QED) is 0.501. The molecule has 1 aliphatic rings. The molecule has 1 nitrogen and oxygen atoms in total. The average Bonchev–Trinajstić information content (AvgIpc) is 2.57. The van der Waals surface area contributed by atoms with Crippen molar-refractivity contribution in [3.8, 4) is 0 Å². The van der Waals surface area contributed by atoms with Gasteiger partial charge in [0.2, 0.25) is 0 Å². The zero-order valence-electron chi connectivity index (χ0n) is 20.7. The van der Waals surface area contributed by atoms with Crippen LogP contribution in [0.2, 0.25) is 0 Å². The lowest BCUT2D eigenvalue weighted by atomic mass is 9.63. The summed E-state index contributed by atoms with van der Waals surface area (Å²) < 4.78 is 0. The Labute approximate surface area is 179 Å². The summed E-state index contributed by atoms with van der Waals surface area (Å²) in [7, 11) is 2.24. The Morgan fingerprint density at radius 3 is 1.62 bits per heavy atom. The fourth-order valence-electron chi connectivity index (χ4n) is 5.11. The zero-order valence-corrected chi connectivity index (χ0v) is 20.7. The van der Waals surface area contributed by atoms with Gasteiger partial charge >= 0.3 is 0 Å². The molecule has 0 N–H and O–H groups in total. The summed E-state index contributed by atoms with van der Waals surface area (Å²) in [6.45, 7) is 23.3. The summed E-state index contributed by atoms with van der Waals surface area (Å²) in [6.07, 6.45) is 2.51. The van der Waals surface area contributed by atoms with Crippen LogP contribution in [0.4, 0.5) is 11.4 Å². The Kier molecular flexibility index (Phi) is 5.22. The number of nitrogens with zero attached hydrogens (tertiary/aromatic N) is 1. The van der Waals surface area contributed by atoms with Gasteiger partial charge in [-0.3, -0.25) is 0 Å². The van der Waals surface area contributed by atoms with E-state index >= 15 is 0 Å². The number of hydrogen-bond donors (Lipinski definition) is 0. The maximum atomic E-state index is 2.49. The van der Waals surface area contributed by atoms with E-state index in [9.17, 15) is 0 Å². The van der Waals surface area contributed by atoms with E-state index in [0.29, 0.717) is 0 Å². The Bertz CT molecular complexity index is 915. The van der Waals surface area contributed by atoms with Crippen LogP contribution in [0.1, 0.15) is 94.7 Å². The highest BCUT2D eigenvalue weighted by molar-refractivity contribution is 5.73. The lowest BCUT2D eigenvalue weighted by molar-refractivity contribution is 0.332. The van der Waals surface area contributed by atoms with E-state index in [4.69, 9.17) is 0 Å². The van der Waals surface area contributed by atoms with Gasteiger partial charge in [0, 0.05) is 18.4 Å². The first-order valence-electron chi connectivity index (χ1n) is 11.2. The van der Waals surface area contributed by atoms with Crippen LogP contribution in [0, 0.1) is 20.8 Å². The summed E-state index contributed by atoms with van der Waals surface area (Å²) in [6, 6.07) is 9.71. The topological polar surface area (TPSA) is 3.24 Å². The molecule has 29 heavy (non-hydrogen) atoms. The smallest absolute Gasteiger partial charge is 0.0467 e. The molecule has 0 atom stereocenters. The van der Waals surface area contributed by atoms with Crippen LogP contribution >= 0.6 is 0 Å². The Morgan fingerprint density at radius 1 is 0.724 bits per heavy atom. The largest absolute Gasteiger partial charge is 0.344 e. The van der Waals surface area contributed by atoms with E-state index in [1.165, 1.54) is 52.0 Å². The molecule has 1 heteroatoms. The van der Waals surface area contributed by atoms with Gasteiger partial charge < -0.3 is 4.90 Å². The van der Waals surface area contributed by atoms with Crippen molar-refractivity contribution in [2.45, 2.75) is 98.3 Å². The number of benzene rings is 2. The molecule has 0 aromatic heterocycles. The van der Waals surface area contributed by atoms with Crippen LogP contribution < -0.4 is 4.90 Å². The molecule has 0 spiro atoms. The normalized spacial score (nSPS) is 17.8. The lowest BCUT2D eigenvalue weighted by Gasteiger charge is -2.43. The van der Waals surface area contributed by atoms with Crippen molar-refractivity contribution in [3.05, 3.63) is 57.6 Å². The fourth-order valence-corrected chi connectivity index (χ4v) is 5.11. The fraction of sp³-hybridized carbons (Fsp3) is 0.571. The summed E-state index contributed by atoms with van der Waals surface area (Å²) in [5.41, 5.74) is 11.9. The first-order valence-corrected chi connectivity index (χ1v) is 11.2. The van der Waals surface area contributed by atoms with Gasteiger partial charge in [-0.2, -0.15) is 0 Å². The van der Waals surface area contributed by atoms with Gasteiger partial charge in [-0.25, -0.2) is 0 Å². The van der Waals surface area contributed by atoms with E-state index in [1.54, 1.807) is 5.56 Å².